The van der Waals surface area contributed by atoms with Gasteiger partial charge in [0.25, 0.3) is 0 Å². The number of rotatable bonds is 0. The summed E-state index contributed by atoms with van der Waals surface area (Å²) >= 11 is 0. The summed E-state index contributed by atoms with van der Waals surface area (Å²) in [5.41, 5.74) is 2.00. The van der Waals surface area contributed by atoms with Crippen molar-refractivity contribution in [2.45, 2.75) is 32.1 Å². The van der Waals surface area contributed by atoms with Crippen molar-refractivity contribution in [3.63, 3.8) is 0 Å². The molecule has 0 saturated heterocycles. The summed E-state index contributed by atoms with van der Waals surface area (Å²) < 4.78 is 0. The number of hydrogen-bond donors (Lipinski definition) is 0. The number of hydrogen-bond acceptors (Lipinski definition) is 0. The Bertz CT molecular complexity index is 420. The van der Waals surface area contributed by atoms with Crippen LogP contribution in [0.1, 0.15) is 32.1 Å². The van der Waals surface area contributed by atoms with Crippen LogP contribution in [0.15, 0.2) is 11.6 Å². The molecule has 0 radical (unpaired) electrons. The summed E-state index contributed by atoms with van der Waals surface area (Å²) in [4.78, 5) is 0. The summed E-state index contributed by atoms with van der Waals surface area (Å²) in [6, 6.07) is 0. The van der Waals surface area contributed by atoms with Crippen molar-refractivity contribution >= 4 is 0 Å². The maximum absolute atomic E-state index is 2.79. The van der Waals surface area contributed by atoms with Crippen LogP contribution in [-0.4, -0.2) is 0 Å². The van der Waals surface area contributed by atoms with Crippen molar-refractivity contribution in [3.05, 3.63) is 11.6 Å². The third-order valence-corrected chi connectivity index (χ3v) is 7.79. The minimum atomic E-state index is 1.08. The quantitative estimate of drug-likeness (QED) is 0.426. The Morgan fingerprint density at radius 1 is 0.875 bits per heavy atom. The van der Waals surface area contributed by atoms with Gasteiger partial charge in [0.05, 0.1) is 0 Å². The van der Waals surface area contributed by atoms with Crippen LogP contribution in [0.4, 0.5) is 0 Å². The van der Waals surface area contributed by atoms with E-state index in [-0.39, 0.29) is 0 Å². The van der Waals surface area contributed by atoms with E-state index >= 15 is 0 Å². The Morgan fingerprint density at radius 3 is 2.56 bits per heavy atom. The van der Waals surface area contributed by atoms with Crippen LogP contribution in [0.5, 0.6) is 0 Å². The van der Waals surface area contributed by atoms with Crippen molar-refractivity contribution < 1.29 is 0 Å². The van der Waals surface area contributed by atoms with Gasteiger partial charge in [-0.1, -0.05) is 11.6 Å². The van der Waals surface area contributed by atoms with Crippen molar-refractivity contribution in [1.82, 2.24) is 0 Å². The molecule has 0 nitrogen and oxygen atoms in total. The second kappa shape index (κ2) is 2.18. The maximum Gasteiger partial charge on any atom is -0.0129 e. The zero-order chi connectivity index (χ0) is 10.0. The van der Waals surface area contributed by atoms with E-state index in [1.54, 1.807) is 32.1 Å². The Hall–Kier alpha value is -0.260. The molecule has 0 amide bonds. The van der Waals surface area contributed by atoms with Gasteiger partial charge in [0, 0.05) is 0 Å². The Labute approximate surface area is 97.5 Å². The lowest BCUT2D eigenvalue weighted by molar-refractivity contribution is -0.105. The lowest BCUT2D eigenvalue weighted by Gasteiger charge is -2.61. The Kier molecular flexibility index (Phi) is 1.08. The SMILES string of the molecule is C1=C2C3CCC3C1C1C2C2C3CCC(C3)C21. The molecular formula is C16H20. The summed E-state index contributed by atoms with van der Waals surface area (Å²) in [5.74, 6) is 10.4. The highest BCUT2D eigenvalue weighted by atomic mass is 14.8. The number of fused-ring (bicyclic) bond motifs is 14. The van der Waals surface area contributed by atoms with E-state index in [0.717, 1.165) is 23.7 Å². The topological polar surface area (TPSA) is 0 Å². The Morgan fingerprint density at radius 2 is 1.75 bits per heavy atom. The van der Waals surface area contributed by atoms with Crippen molar-refractivity contribution in [2.75, 3.05) is 0 Å². The summed E-state index contributed by atoms with van der Waals surface area (Å²) in [7, 11) is 0. The van der Waals surface area contributed by atoms with Gasteiger partial charge in [-0.15, -0.1) is 0 Å². The van der Waals surface area contributed by atoms with E-state index in [0.29, 0.717) is 0 Å². The molecule has 6 aliphatic carbocycles. The fourth-order valence-electron chi connectivity index (χ4n) is 7.40. The van der Waals surface area contributed by atoms with E-state index < -0.39 is 0 Å². The van der Waals surface area contributed by atoms with Crippen LogP contribution in [0.3, 0.4) is 0 Å². The third-order valence-electron chi connectivity index (χ3n) is 7.79. The smallest absolute Gasteiger partial charge is 0.0129 e. The standard InChI is InChI=1S/C16H20/c1-2-8-5-7(1)13-14(8)16-12-6-11(15(13)16)9-3-4-10(9)12/h6-11,13-16H,1-5H2. The van der Waals surface area contributed by atoms with Crippen LogP contribution in [0.2, 0.25) is 0 Å². The molecule has 0 aromatic rings. The first-order valence-corrected chi connectivity index (χ1v) is 7.65. The lowest BCUT2D eigenvalue weighted by atomic mass is 9.43. The molecule has 84 valence electrons. The summed E-state index contributed by atoms with van der Waals surface area (Å²) in [6.07, 6.45) is 10.8. The molecule has 0 aromatic heterocycles. The van der Waals surface area contributed by atoms with Crippen LogP contribution in [-0.2, 0) is 0 Å². The van der Waals surface area contributed by atoms with Crippen molar-refractivity contribution in [3.8, 4) is 0 Å². The van der Waals surface area contributed by atoms with Gasteiger partial charge in [-0.2, -0.15) is 0 Å². The molecule has 0 spiro atoms. The first kappa shape index (κ1) is 7.95. The monoisotopic (exact) mass is 212 g/mol. The first-order valence-electron chi connectivity index (χ1n) is 7.65. The number of allylic oxidation sites excluding steroid dienone is 2. The second-order valence-corrected chi connectivity index (χ2v) is 7.68. The molecule has 4 bridgehead atoms. The van der Waals surface area contributed by atoms with Gasteiger partial charge in [-0.25, -0.2) is 0 Å². The van der Waals surface area contributed by atoms with Gasteiger partial charge < -0.3 is 0 Å². The predicted molar refractivity (Wildman–Crippen MR) is 62.6 cm³/mol. The highest BCUT2D eigenvalue weighted by Gasteiger charge is 2.71. The largest absolute Gasteiger partial charge is 0.0810 e. The van der Waals surface area contributed by atoms with Gasteiger partial charge in [-0.05, 0) is 85.4 Å². The fraction of sp³-hybridized carbons (Fsp3) is 0.875. The van der Waals surface area contributed by atoms with E-state index in [1.807, 2.05) is 5.57 Å². The molecule has 0 aromatic carbocycles. The van der Waals surface area contributed by atoms with E-state index in [4.69, 9.17) is 0 Å². The Balaban J connectivity index is 1.46. The average Bonchev–Trinajstić information content (AvgIpc) is 2.81. The molecule has 6 rings (SSSR count). The summed E-state index contributed by atoms with van der Waals surface area (Å²) in [5, 5.41) is 0. The molecule has 0 aliphatic heterocycles. The van der Waals surface area contributed by atoms with Crippen LogP contribution in [0.25, 0.3) is 0 Å². The molecule has 0 heterocycles. The highest BCUT2D eigenvalue weighted by molar-refractivity contribution is 5.39. The van der Waals surface area contributed by atoms with Crippen LogP contribution >= 0.6 is 0 Å². The van der Waals surface area contributed by atoms with E-state index in [9.17, 15) is 0 Å². The lowest BCUT2D eigenvalue weighted by Crippen LogP contribution is -2.57. The molecule has 4 fully saturated rings. The van der Waals surface area contributed by atoms with E-state index in [2.05, 4.69) is 6.08 Å². The molecule has 4 saturated carbocycles. The third kappa shape index (κ3) is 0.585. The second-order valence-electron chi connectivity index (χ2n) is 7.68. The molecular weight excluding hydrogens is 192 g/mol. The minimum Gasteiger partial charge on any atom is -0.0810 e. The molecule has 0 N–H and O–H groups in total. The maximum atomic E-state index is 2.79. The molecule has 9 unspecified atom stereocenters. The van der Waals surface area contributed by atoms with Crippen molar-refractivity contribution in [1.29, 1.82) is 0 Å². The van der Waals surface area contributed by atoms with Crippen LogP contribution < -0.4 is 0 Å². The highest BCUT2D eigenvalue weighted by Crippen LogP contribution is 2.77. The average molecular weight is 212 g/mol. The predicted octanol–water partition coefficient (Wildman–Crippen LogP) is 3.49. The molecule has 9 atom stereocenters. The van der Waals surface area contributed by atoms with Gasteiger partial charge in [-0.3, -0.25) is 0 Å². The first-order chi connectivity index (χ1) is 7.93. The van der Waals surface area contributed by atoms with Gasteiger partial charge in [0.1, 0.15) is 0 Å². The normalized spacial score (nSPS) is 71.5. The fourth-order valence-corrected chi connectivity index (χ4v) is 7.40. The van der Waals surface area contributed by atoms with Crippen molar-refractivity contribution in [2.24, 2.45) is 53.3 Å². The zero-order valence-corrected chi connectivity index (χ0v) is 9.81. The van der Waals surface area contributed by atoms with Gasteiger partial charge in [0.2, 0.25) is 0 Å². The van der Waals surface area contributed by atoms with Gasteiger partial charge in [0.15, 0.2) is 0 Å². The molecule has 6 aliphatic rings. The summed E-state index contributed by atoms with van der Waals surface area (Å²) in [6.45, 7) is 0. The van der Waals surface area contributed by atoms with E-state index in [1.165, 1.54) is 29.6 Å². The molecule has 0 heteroatoms. The van der Waals surface area contributed by atoms with Gasteiger partial charge >= 0.3 is 0 Å². The van der Waals surface area contributed by atoms with Crippen LogP contribution in [0, 0.1) is 53.3 Å². The zero-order valence-electron chi connectivity index (χ0n) is 9.81. The molecule has 16 heavy (non-hydrogen) atoms. The minimum absolute atomic E-state index is 1.08.